The van der Waals surface area contributed by atoms with Crippen molar-refractivity contribution in [3.8, 4) is 11.4 Å². The number of nitrogens with one attached hydrogen (secondary N) is 1. The Kier molecular flexibility index (Phi) is 5.17. The van der Waals surface area contributed by atoms with Gasteiger partial charge in [-0.2, -0.15) is 0 Å². The number of hydrogen-bond donors (Lipinski definition) is 1. The third kappa shape index (κ3) is 3.52. The number of para-hydroxylation sites is 2. The third-order valence-electron chi connectivity index (χ3n) is 3.31. The Balaban J connectivity index is 2.50. The van der Waals surface area contributed by atoms with Crippen LogP contribution in [0.4, 0.5) is 0 Å². The molecule has 4 heteroatoms. The minimum Gasteiger partial charge on any atom is -0.492 e. The maximum atomic E-state index is 12.1. The van der Waals surface area contributed by atoms with Gasteiger partial charge in [0.1, 0.15) is 5.75 Å². The van der Waals surface area contributed by atoms with Gasteiger partial charge < -0.3 is 14.6 Å². The van der Waals surface area contributed by atoms with Crippen molar-refractivity contribution < 1.29 is 4.74 Å². The van der Waals surface area contributed by atoms with Crippen molar-refractivity contribution in [2.75, 3.05) is 13.2 Å². The van der Waals surface area contributed by atoms with Gasteiger partial charge in [0.2, 0.25) is 0 Å². The molecular formula is C17H22N2O2. The van der Waals surface area contributed by atoms with E-state index in [0.717, 1.165) is 29.2 Å². The molecule has 2 rings (SSSR count). The summed E-state index contributed by atoms with van der Waals surface area (Å²) in [6.45, 7) is 7.94. The molecule has 0 radical (unpaired) electrons. The molecule has 1 aromatic carbocycles. The second-order valence-electron chi connectivity index (χ2n) is 4.86. The van der Waals surface area contributed by atoms with Gasteiger partial charge in [-0.15, -0.1) is 0 Å². The highest BCUT2D eigenvalue weighted by molar-refractivity contribution is 5.48. The van der Waals surface area contributed by atoms with Gasteiger partial charge in [-0.3, -0.25) is 4.79 Å². The van der Waals surface area contributed by atoms with Crippen LogP contribution in [0.15, 0.2) is 41.3 Å². The van der Waals surface area contributed by atoms with Crippen molar-refractivity contribution in [3.63, 3.8) is 0 Å². The zero-order valence-electron chi connectivity index (χ0n) is 12.8. The molecule has 4 nitrogen and oxygen atoms in total. The zero-order valence-corrected chi connectivity index (χ0v) is 12.8. The molecule has 0 spiro atoms. The molecule has 21 heavy (non-hydrogen) atoms. The molecule has 0 aliphatic carbocycles. The number of aromatic nitrogens is 1. The van der Waals surface area contributed by atoms with E-state index < -0.39 is 0 Å². The van der Waals surface area contributed by atoms with E-state index in [9.17, 15) is 4.79 Å². The lowest BCUT2D eigenvalue weighted by atomic mass is 10.2. The van der Waals surface area contributed by atoms with Gasteiger partial charge in [-0.25, -0.2) is 0 Å². The summed E-state index contributed by atoms with van der Waals surface area (Å²) in [4.78, 5) is 12.1. The van der Waals surface area contributed by atoms with Crippen molar-refractivity contribution in [1.82, 2.24) is 9.88 Å². The second-order valence-corrected chi connectivity index (χ2v) is 4.86. The molecule has 0 bridgehead atoms. The quantitative estimate of drug-likeness (QED) is 0.888. The van der Waals surface area contributed by atoms with Crippen molar-refractivity contribution in [2.45, 2.75) is 27.3 Å². The lowest BCUT2D eigenvalue weighted by molar-refractivity contribution is 0.339. The van der Waals surface area contributed by atoms with Gasteiger partial charge in [0.15, 0.2) is 5.43 Å². The molecule has 1 N–H and O–H groups in total. The number of nitrogens with zero attached hydrogens (tertiary/aromatic N) is 1. The Morgan fingerprint density at radius 3 is 2.71 bits per heavy atom. The summed E-state index contributed by atoms with van der Waals surface area (Å²) >= 11 is 0. The first-order valence-corrected chi connectivity index (χ1v) is 7.32. The highest BCUT2D eigenvalue weighted by atomic mass is 16.5. The summed E-state index contributed by atoms with van der Waals surface area (Å²) in [5, 5.41) is 3.20. The standard InChI is InChI=1S/C17H22N2O2/c1-4-18-11-14-12-19(13(3)10-16(14)20)15-8-6-7-9-17(15)21-5-2/h6-10,12,18H,4-5,11H2,1-3H3. The maximum Gasteiger partial charge on any atom is 0.186 e. The van der Waals surface area contributed by atoms with E-state index in [1.54, 1.807) is 6.07 Å². The lowest BCUT2D eigenvalue weighted by Gasteiger charge is -2.16. The van der Waals surface area contributed by atoms with Gasteiger partial charge in [-0.05, 0) is 32.5 Å². The number of aryl methyl sites for hydroxylation is 1. The van der Waals surface area contributed by atoms with Crippen molar-refractivity contribution >= 4 is 0 Å². The largest absolute Gasteiger partial charge is 0.492 e. The minimum atomic E-state index is 0.0681. The maximum absolute atomic E-state index is 12.1. The van der Waals surface area contributed by atoms with Crippen LogP contribution in [0.3, 0.4) is 0 Å². The first-order valence-electron chi connectivity index (χ1n) is 7.32. The molecule has 0 saturated heterocycles. The van der Waals surface area contributed by atoms with Crippen molar-refractivity contribution in [1.29, 1.82) is 0 Å². The van der Waals surface area contributed by atoms with E-state index in [2.05, 4.69) is 5.32 Å². The van der Waals surface area contributed by atoms with E-state index in [1.807, 2.05) is 55.8 Å². The zero-order chi connectivity index (χ0) is 15.2. The number of benzene rings is 1. The van der Waals surface area contributed by atoms with Crippen LogP contribution in [0, 0.1) is 6.92 Å². The second kappa shape index (κ2) is 7.09. The molecule has 0 amide bonds. The van der Waals surface area contributed by atoms with Crippen LogP contribution in [-0.2, 0) is 6.54 Å². The molecule has 2 aromatic rings. The van der Waals surface area contributed by atoms with Crippen LogP contribution in [-0.4, -0.2) is 17.7 Å². The Bertz CT molecular complexity index is 662. The Morgan fingerprint density at radius 2 is 2.00 bits per heavy atom. The van der Waals surface area contributed by atoms with Gasteiger partial charge in [0.05, 0.1) is 12.3 Å². The van der Waals surface area contributed by atoms with Crippen LogP contribution in [0.1, 0.15) is 25.1 Å². The molecule has 1 aromatic heterocycles. The summed E-state index contributed by atoms with van der Waals surface area (Å²) < 4.78 is 7.70. The van der Waals surface area contributed by atoms with Gasteiger partial charge in [-0.1, -0.05) is 19.1 Å². The molecule has 0 aliphatic heterocycles. The summed E-state index contributed by atoms with van der Waals surface area (Å²) in [5.74, 6) is 0.821. The summed E-state index contributed by atoms with van der Waals surface area (Å²) in [7, 11) is 0. The van der Waals surface area contributed by atoms with E-state index in [1.165, 1.54) is 0 Å². The monoisotopic (exact) mass is 286 g/mol. The highest BCUT2D eigenvalue weighted by Crippen LogP contribution is 2.23. The molecule has 0 unspecified atom stereocenters. The first-order chi connectivity index (χ1) is 10.2. The Morgan fingerprint density at radius 1 is 1.24 bits per heavy atom. The Labute approximate surface area is 125 Å². The minimum absolute atomic E-state index is 0.0681. The van der Waals surface area contributed by atoms with Gasteiger partial charge in [0.25, 0.3) is 0 Å². The summed E-state index contributed by atoms with van der Waals surface area (Å²) in [6, 6.07) is 9.54. The van der Waals surface area contributed by atoms with E-state index in [0.29, 0.717) is 13.2 Å². The molecule has 0 fully saturated rings. The fourth-order valence-corrected chi connectivity index (χ4v) is 2.26. The van der Waals surface area contributed by atoms with E-state index in [-0.39, 0.29) is 5.43 Å². The topological polar surface area (TPSA) is 43.3 Å². The van der Waals surface area contributed by atoms with Crippen LogP contribution in [0.5, 0.6) is 5.75 Å². The van der Waals surface area contributed by atoms with Crippen LogP contribution in [0.2, 0.25) is 0 Å². The molecule has 0 atom stereocenters. The fraction of sp³-hybridized carbons (Fsp3) is 0.353. The number of hydrogen-bond acceptors (Lipinski definition) is 3. The van der Waals surface area contributed by atoms with Crippen LogP contribution < -0.4 is 15.5 Å². The first kappa shape index (κ1) is 15.3. The average molecular weight is 286 g/mol. The predicted octanol–water partition coefficient (Wildman–Crippen LogP) is 2.65. The smallest absolute Gasteiger partial charge is 0.186 e. The third-order valence-corrected chi connectivity index (χ3v) is 3.31. The van der Waals surface area contributed by atoms with Crippen molar-refractivity contribution in [2.24, 2.45) is 0 Å². The average Bonchev–Trinajstić information content (AvgIpc) is 2.48. The Hall–Kier alpha value is -2.07. The molecular weight excluding hydrogens is 264 g/mol. The molecule has 1 heterocycles. The number of rotatable bonds is 6. The van der Waals surface area contributed by atoms with E-state index in [4.69, 9.17) is 4.74 Å². The van der Waals surface area contributed by atoms with Gasteiger partial charge >= 0.3 is 0 Å². The van der Waals surface area contributed by atoms with Crippen LogP contribution >= 0.6 is 0 Å². The lowest BCUT2D eigenvalue weighted by Crippen LogP contribution is -2.21. The normalized spacial score (nSPS) is 10.6. The number of ether oxygens (including phenoxy) is 1. The van der Waals surface area contributed by atoms with Crippen molar-refractivity contribution in [3.05, 3.63) is 58.0 Å². The molecule has 0 saturated carbocycles. The predicted molar refractivity (Wildman–Crippen MR) is 85.3 cm³/mol. The SMILES string of the molecule is CCNCc1cn(-c2ccccc2OCC)c(C)cc1=O. The molecule has 0 aliphatic rings. The fourth-order valence-electron chi connectivity index (χ4n) is 2.26. The number of pyridine rings is 1. The molecule has 112 valence electrons. The van der Waals surface area contributed by atoms with Crippen LogP contribution in [0.25, 0.3) is 5.69 Å². The summed E-state index contributed by atoms with van der Waals surface area (Å²) in [5.41, 5.74) is 2.68. The highest BCUT2D eigenvalue weighted by Gasteiger charge is 2.09. The van der Waals surface area contributed by atoms with Gasteiger partial charge in [0, 0.05) is 30.1 Å². The van der Waals surface area contributed by atoms with E-state index >= 15 is 0 Å². The summed E-state index contributed by atoms with van der Waals surface area (Å²) in [6.07, 6.45) is 1.90.